The van der Waals surface area contributed by atoms with Gasteiger partial charge in [0.05, 0.1) is 14.2 Å². The van der Waals surface area contributed by atoms with Crippen molar-refractivity contribution in [3.63, 3.8) is 0 Å². The summed E-state index contributed by atoms with van der Waals surface area (Å²) in [4.78, 5) is 6.52. The second-order valence-electron chi connectivity index (χ2n) is 6.86. The number of ether oxygens (including phenoxy) is 2. The van der Waals surface area contributed by atoms with Crippen molar-refractivity contribution in [2.75, 3.05) is 39.3 Å². The second kappa shape index (κ2) is 9.36. The van der Waals surface area contributed by atoms with E-state index in [1.54, 1.807) is 27.3 Å². The van der Waals surface area contributed by atoms with Gasteiger partial charge in [-0.05, 0) is 24.1 Å². The van der Waals surface area contributed by atoms with Gasteiger partial charge in [-0.15, -0.1) is 0 Å². The van der Waals surface area contributed by atoms with Crippen LogP contribution >= 0.6 is 0 Å². The number of methoxy groups -OCH3 is 2. The molecular weight excluding hydrogens is 375 g/mol. The quantitative estimate of drug-likeness (QED) is 0.509. The Kier molecular flexibility index (Phi) is 6.64. The van der Waals surface area contributed by atoms with Gasteiger partial charge in [0.1, 0.15) is 11.5 Å². The zero-order valence-corrected chi connectivity index (χ0v) is 16.9. The summed E-state index contributed by atoms with van der Waals surface area (Å²) >= 11 is 0. The lowest BCUT2D eigenvalue weighted by molar-refractivity contribution is 0.394. The van der Waals surface area contributed by atoms with Gasteiger partial charge in [-0.25, -0.2) is 4.39 Å². The molecule has 1 unspecified atom stereocenters. The molecule has 29 heavy (non-hydrogen) atoms. The van der Waals surface area contributed by atoms with E-state index in [1.165, 1.54) is 12.1 Å². The first-order valence-electron chi connectivity index (χ1n) is 9.45. The number of benzene rings is 2. The number of nitrogens with one attached hydrogen (secondary N) is 2. The normalized spacial score (nSPS) is 16.6. The third-order valence-electron chi connectivity index (χ3n) is 4.93. The van der Waals surface area contributed by atoms with E-state index in [-0.39, 0.29) is 11.8 Å². The Balaban J connectivity index is 1.57. The molecule has 0 radical (unpaired) electrons. The fourth-order valence-electron chi connectivity index (χ4n) is 3.32. The summed E-state index contributed by atoms with van der Waals surface area (Å²) in [7, 11) is 4.98. The molecule has 3 N–H and O–H groups in total. The molecule has 2 aromatic rings. The Morgan fingerprint density at radius 3 is 2.55 bits per heavy atom. The number of aromatic hydroxyl groups is 1. The molecule has 1 fully saturated rings. The highest BCUT2D eigenvalue weighted by Crippen LogP contribution is 2.30. The van der Waals surface area contributed by atoms with Crippen LogP contribution in [0.4, 0.5) is 10.1 Å². The zero-order valence-electron chi connectivity index (χ0n) is 16.9. The summed E-state index contributed by atoms with van der Waals surface area (Å²) in [5, 5.41) is 15.9. The Morgan fingerprint density at radius 2 is 1.93 bits per heavy atom. The second-order valence-corrected chi connectivity index (χ2v) is 6.86. The van der Waals surface area contributed by atoms with Gasteiger partial charge >= 0.3 is 0 Å². The van der Waals surface area contributed by atoms with Crippen molar-refractivity contribution in [2.24, 2.45) is 4.99 Å². The van der Waals surface area contributed by atoms with Crippen molar-refractivity contribution in [3.05, 3.63) is 47.8 Å². The van der Waals surface area contributed by atoms with Crippen molar-refractivity contribution in [1.29, 1.82) is 0 Å². The van der Waals surface area contributed by atoms with Crippen LogP contribution in [-0.4, -0.2) is 51.5 Å². The summed E-state index contributed by atoms with van der Waals surface area (Å²) in [5.41, 5.74) is 1.77. The third-order valence-corrected chi connectivity index (χ3v) is 4.93. The molecule has 1 aliphatic rings. The predicted molar refractivity (Wildman–Crippen MR) is 112 cm³/mol. The first kappa shape index (κ1) is 20.6. The van der Waals surface area contributed by atoms with Crippen LogP contribution in [0.2, 0.25) is 0 Å². The van der Waals surface area contributed by atoms with Crippen molar-refractivity contribution in [3.8, 4) is 17.2 Å². The molecule has 156 valence electrons. The van der Waals surface area contributed by atoms with E-state index in [9.17, 15) is 9.50 Å². The minimum Gasteiger partial charge on any atom is -0.505 e. The smallest absolute Gasteiger partial charge is 0.191 e. The highest BCUT2D eigenvalue weighted by atomic mass is 19.1. The molecule has 8 heteroatoms. The number of guanidine groups is 1. The average molecular weight is 402 g/mol. The number of phenols is 1. The number of rotatable bonds is 6. The summed E-state index contributed by atoms with van der Waals surface area (Å²) in [6, 6.07) is 10.4. The van der Waals surface area contributed by atoms with Gasteiger partial charge in [0.25, 0.3) is 0 Å². The molecule has 1 atom stereocenters. The molecule has 0 aliphatic carbocycles. The van der Waals surface area contributed by atoms with Crippen molar-refractivity contribution < 1.29 is 19.0 Å². The maximum absolute atomic E-state index is 13.5. The molecule has 0 spiro atoms. The van der Waals surface area contributed by atoms with Gasteiger partial charge in [0, 0.05) is 56.6 Å². The van der Waals surface area contributed by atoms with Gasteiger partial charge < -0.3 is 30.1 Å². The van der Waals surface area contributed by atoms with Crippen LogP contribution < -0.4 is 25.0 Å². The number of halogens is 1. The predicted octanol–water partition coefficient (Wildman–Crippen LogP) is 2.49. The highest BCUT2D eigenvalue weighted by Gasteiger charge is 2.24. The standard InChI is InChI=1S/C21H27FN4O3/c1-23-21(24-12-14-4-5-20(27)19(22)8-14)25-15-6-7-26(13-15)16-9-17(28-2)11-18(10-16)29-3/h4-5,8-11,15,27H,6-7,12-13H2,1-3H3,(H2,23,24,25). The largest absolute Gasteiger partial charge is 0.505 e. The molecule has 1 saturated heterocycles. The Hall–Kier alpha value is -3.16. The average Bonchev–Trinajstić information content (AvgIpc) is 3.21. The van der Waals surface area contributed by atoms with Crippen molar-refractivity contribution >= 4 is 11.6 Å². The molecule has 0 bridgehead atoms. The van der Waals surface area contributed by atoms with Crippen LogP contribution in [-0.2, 0) is 6.54 Å². The minimum absolute atomic E-state index is 0.218. The van der Waals surface area contributed by atoms with E-state index in [0.29, 0.717) is 12.5 Å². The van der Waals surface area contributed by atoms with Gasteiger partial charge in [0.2, 0.25) is 0 Å². The van der Waals surface area contributed by atoms with Crippen LogP contribution in [0.3, 0.4) is 0 Å². The lowest BCUT2D eigenvalue weighted by Crippen LogP contribution is -2.44. The number of aliphatic imine (C=N–C) groups is 1. The zero-order chi connectivity index (χ0) is 20.8. The maximum atomic E-state index is 13.5. The molecule has 0 saturated carbocycles. The monoisotopic (exact) mass is 402 g/mol. The summed E-state index contributed by atoms with van der Waals surface area (Å²) in [5.74, 6) is 1.18. The number of nitrogens with zero attached hydrogens (tertiary/aromatic N) is 2. The number of hydrogen-bond acceptors (Lipinski definition) is 5. The van der Waals surface area contributed by atoms with Crippen molar-refractivity contribution in [2.45, 2.75) is 19.0 Å². The number of hydrogen-bond donors (Lipinski definition) is 3. The molecule has 1 heterocycles. The first-order chi connectivity index (χ1) is 14.0. The van der Waals surface area contributed by atoms with Gasteiger partial charge in [-0.3, -0.25) is 4.99 Å². The van der Waals surface area contributed by atoms with Crippen molar-refractivity contribution in [1.82, 2.24) is 10.6 Å². The van der Waals surface area contributed by atoms with E-state index in [1.807, 2.05) is 18.2 Å². The Bertz CT molecular complexity index is 853. The molecule has 3 rings (SSSR count). The van der Waals surface area contributed by atoms with Crippen LogP contribution in [0.1, 0.15) is 12.0 Å². The minimum atomic E-state index is -0.632. The lowest BCUT2D eigenvalue weighted by Gasteiger charge is -2.21. The maximum Gasteiger partial charge on any atom is 0.191 e. The SMILES string of the molecule is CN=C(NCc1ccc(O)c(F)c1)NC1CCN(c2cc(OC)cc(OC)c2)C1. The van der Waals surface area contributed by atoms with Gasteiger partial charge in [0.15, 0.2) is 17.5 Å². The van der Waals surface area contributed by atoms with Crippen LogP contribution in [0.5, 0.6) is 17.2 Å². The van der Waals surface area contributed by atoms with E-state index in [2.05, 4.69) is 20.5 Å². The molecule has 7 nitrogen and oxygen atoms in total. The van der Waals surface area contributed by atoms with E-state index < -0.39 is 5.82 Å². The van der Waals surface area contributed by atoms with E-state index in [4.69, 9.17) is 9.47 Å². The molecule has 0 amide bonds. The lowest BCUT2D eigenvalue weighted by atomic mass is 10.2. The Labute approximate surface area is 170 Å². The number of anilines is 1. The summed E-state index contributed by atoms with van der Waals surface area (Å²) in [6.07, 6.45) is 0.952. The topological polar surface area (TPSA) is 78.4 Å². The third kappa shape index (κ3) is 5.22. The summed E-state index contributed by atoms with van der Waals surface area (Å²) in [6.45, 7) is 2.11. The molecule has 0 aromatic heterocycles. The summed E-state index contributed by atoms with van der Waals surface area (Å²) < 4.78 is 24.2. The van der Waals surface area contributed by atoms with Crippen LogP contribution in [0.25, 0.3) is 0 Å². The van der Waals surface area contributed by atoms with E-state index in [0.717, 1.165) is 42.3 Å². The molecule has 1 aliphatic heterocycles. The molecule has 2 aromatic carbocycles. The van der Waals surface area contributed by atoms with E-state index >= 15 is 0 Å². The molecular formula is C21H27FN4O3. The first-order valence-corrected chi connectivity index (χ1v) is 9.45. The fourth-order valence-corrected chi connectivity index (χ4v) is 3.32. The van der Waals surface area contributed by atoms with Gasteiger partial charge in [-0.1, -0.05) is 6.07 Å². The number of phenolic OH excluding ortho intramolecular Hbond substituents is 1. The van der Waals surface area contributed by atoms with Crippen LogP contribution in [0, 0.1) is 5.82 Å². The van der Waals surface area contributed by atoms with Crippen LogP contribution in [0.15, 0.2) is 41.4 Å². The highest BCUT2D eigenvalue weighted by molar-refractivity contribution is 5.80. The fraction of sp³-hybridized carbons (Fsp3) is 0.381. The van der Waals surface area contributed by atoms with Gasteiger partial charge in [-0.2, -0.15) is 0 Å². The Morgan fingerprint density at radius 1 is 1.21 bits per heavy atom.